The Hall–Kier alpha value is -2.50. The molecule has 0 aliphatic heterocycles. The summed E-state index contributed by atoms with van der Waals surface area (Å²) in [4.78, 5) is 30.6. The highest BCUT2D eigenvalue weighted by atomic mass is 16.4. The first-order chi connectivity index (χ1) is 8.58. The third kappa shape index (κ3) is 2.42. The van der Waals surface area contributed by atoms with E-state index in [2.05, 4.69) is 15.3 Å². The number of carbonyl (C=O) groups is 2. The van der Waals surface area contributed by atoms with Crippen LogP contribution >= 0.6 is 0 Å². The Morgan fingerprint density at radius 1 is 1.22 bits per heavy atom. The second-order valence-corrected chi connectivity index (χ2v) is 3.79. The van der Waals surface area contributed by atoms with E-state index >= 15 is 0 Å². The van der Waals surface area contributed by atoms with Gasteiger partial charge in [-0.2, -0.15) is 0 Å². The van der Waals surface area contributed by atoms with Crippen LogP contribution in [0.25, 0.3) is 11.0 Å². The van der Waals surface area contributed by atoms with Gasteiger partial charge in [0.2, 0.25) is 0 Å². The molecule has 0 aliphatic rings. The van der Waals surface area contributed by atoms with E-state index in [-0.39, 0.29) is 0 Å². The number of carboxylic acids is 1. The van der Waals surface area contributed by atoms with Gasteiger partial charge in [-0.1, -0.05) is 0 Å². The summed E-state index contributed by atoms with van der Waals surface area (Å²) in [6.45, 7) is 1.40. The number of nitrogens with one attached hydrogen (secondary N) is 1. The molecule has 2 rings (SSSR count). The lowest BCUT2D eigenvalue weighted by Crippen LogP contribution is -2.38. The molecule has 18 heavy (non-hydrogen) atoms. The van der Waals surface area contributed by atoms with Crippen LogP contribution in [0.2, 0.25) is 0 Å². The van der Waals surface area contributed by atoms with Crippen LogP contribution in [0.5, 0.6) is 0 Å². The summed E-state index contributed by atoms with van der Waals surface area (Å²) < 4.78 is 0. The molecule has 0 aliphatic carbocycles. The molecule has 6 nitrogen and oxygen atoms in total. The Labute approximate surface area is 103 Å². The molecular formula is C12H11N3O3. The number of hydrogen-bond donors (Lipinski definition) is 2. The second kappa shape index (κ2) is 4.79. The highest BCUT2D eigenvalue weighted by Crippen LogP contribution is 2.10. The lowest BCUT2D eigenvalue weighted by molar-refractivity contribution is -0.138. The predicted molar refractivity (Wildman–Crippen MR) is 64.1 cm³/mol. The fraction of sp³-hybridized carbons (Fsp3) is 0.167. The van der Waals surface area contributed by atoms with E-state index in [1.165, 1.54) is 13.1 Å². The van der Waals surface area contributed by atoms with Crippen molar-refractivity contribution < 1.29 is 14.7 Å². The van der Waals surface area contributed by atoms with Crippen molar-refractivity contribution in [2.24, 2.45) is 0 Å². The summed E-state index contributed by atoms with van der Waals surface area (Å²) in [5, 5.41) is 11.1. The first kappa shape index (κ1) is 12.0. The van der Waals surface area contributed by atoms with E-state index in [0.717, 1.165) is 0 Å². The Morgan fingerprint density at radius 3 is 2.56 bits per heavy atom. The molecule has 0 radical (unpaired) electrons. The van der Waals surface area contributed by atoms with E-state index < -0.39 is 17.9 Å². The van der Waals surface area contributed by atoms with Crippen LogP contribution in [0.3, 0.4) is 0 Å². The molecule has 1 aromatic carbocycles. The largest absolute Gasteiger partial charge is 0.480 e. The van der Waals surface area contributed by atoms with Crippen LogP contribution in [0.4, 0.5) is 0 Å². The number of amides is 1. The van der Waals surface area contributed by atoms with Crippen molar-refractivity contribution in [1.82, 2.24) is 15.3 Å². The van der Waals surface area contributed by atoms with Crippen molar-refractivity contribution in [3.8, 4) is 0 Å². The Morgan fingerprint density at radius 2 is 1.89 bits per heavy atom. The molecule has 1 amide bonds. The molecule has 1 unspecified atom stereocenters. The number of hydrogen-bond acceptors (Lipinski definition) is 4. The summed E-state index contributed by atoms with van der Waals surface area (Å²) in [6.07, 6.45) is 3.10. The number of aliphatic carboxylic acids is 1. The monoisotopic (exact) mass is 245 g/mol. The predicted octanol–water partition coefficient (Wildman–Crippen LogP) is 0.833. The van der Waals surface area contributed by atoms with Gasteiger partial charge in [-0.25, -0.2) is 0 Å². The molecule has 2 aromatic rings. The van der Waals surface area contributed by atoms with Gasteiger partial charge < -0.3 is 10.4 Å². The van der Waals surface area contributed by atoms with Gasteiger partial charge in [-0.15, -0.1) is 0 Å². The molecule has 0 spiro atoms. The number of fused-ring (bicyclic) bond motifs is 1. The molecule has 6 heteroatoms. The summed E-state index contributed by atoms with van der Waals surface area (Å²) in [5.41, 5.74) is 1.63. The van der Waals surface area contributed by atoms with Crippen molar-refractivity contribution in [2.45, 2.75) is 13.0 Å². The van der Waals surface area contributed by atoms with E-state index in [1.54, 1.807) is 24.4 Å². The zero-order valence-corrected chi connectivity index (χ0v) is 9.62. The Bertz CT molecular complexity index is 612. The maximum absolute atomic E-state index is 11.8. The quantitative estimate of drug-likeness (QED) is 0.835. The van der Waals surface area contributed by atoms with Crippen LogP contribution in [-0.2, 0) is 4.79 Å². The number of benzene rings is 1. The van der Waals surface area contributed by atoms with Crippen molar-refractivity contribution in [2.75, 3.05) is 0 Å². The zero-order valence-electron chi connectivity index (χ0n) is 9.62. The number of nitrogens with zero attached hydrogens (tertiary/aromatic N) is 2. The molecule has 2 N–H and O–H groups in total. The van der Waals surface area contributed by atoms with Crippen molar-refractivity contribution >= 4 is 22.9 Å². The van der Waals surface area contributed by atoms with Crippen molar-refractivity contribution in [1.29, 1.82) is 0 Å². The Kier molecular flexibility index (Phi) is 3.18. The van der Waals surface area contributed by atoms with E-state index in [1.807, 2.05) is 0 Å². The molecule has 0 saturated heterocycles. The maximum Gasteiger partial charge on any atom is 0.325 e. The summed E-state index contributed by atoms with van der Waals surface area (Å²) in [6, 6.07) is 3.89. The summed E-state index contributed by atoms with van der Waals surface area (Å²) in [7, 11) is 0. The first-order valence-corrected chi connectivity index (χ1v) is 5.32. The standard InChI is InChI=1S/C12H11N3O3/c1-7(12(17)18)15-11(16)8-2-3-9-10(6-8)14-5-4-13-9/h2-7H,1H3,(H,15,16)(H,17,18). The fourth-order valence-electron chi connectivity index (χ4n) is 1.45. The minimum absolute atomic E-state index is 0.357. The van der Waals surface area contributed by atoms with Gasteiger partial charge in [0.25, 0.3) is 5.91 Å². The molecule has 0 saturated carbocycles. The van der Waals surface area contributed by atoms with Gasteiger partial charge in [-0.05, 0) is 25.1 Å². The van der Waals surface area contributed by atoms with Crippen molar-refractivity contribution in [3.63, 3.8) is 0 Å². The van der Waals surface area contributed by atoms with Gasteiger partial charge in [0, 0.05) is 18.0 Å². The highest BCUT2D eigenvalue weighted by Gasteiger charge is 2.15. The lowest BCUT2D eigenvalue weighted by Gasteiger charge is -2.09. The van der Waals surface area contributed by atoms with E-state index in [9.17, 15) is 9.59 Å². The number of carbonyl (C=O) groups excluding carboxylic acids is 1. The topological polar surface area (TPSA) is 92.2 Å². The molecule has 0 bridgehead atoms. The second-order valence-electron chi connectivity index (χ2n) is 3.79. The van der Waals surface area contributed by atoms with Gasteiger partial charge in [-0.3, -0.25) is 19.6 Å². The number of aromatic nitrogens is 2. The maximum atomic E-state index is 11.8. The molecule has 92 valence electrons. The molecule has 1 heterocycles. The van der Waals surface area contributed by atoms with Gasteiger partial charge in [0.15, 0.2) is 0 Å². The number of carboxylic acid groups (broad SMARTS) is 1. The van der Waals surface area contributed by atoms with Crippen LogP contribution in [0.1, 0.15) is 17.3 Å². The van der Waals surface area contributed by atoms with Gasteiger partial charge in [0.05, 0.1) is 11.0 Å². The average Bonchev–Trinajstić information content (AvgIpc) is 2.37. The van der Waals surface area contributed by atoms with E-state index in [4.69, 9.17) is 5.11 Å². The van der Waals surface area contributed by atoms with Crippen LogP contribution in [-0.4, -0.2) is 33.0 Å². The molecule has 1 aromatic heterocycles. The SMILES string of the molecule is CC(NC(=O)c1ccc2nccnc2c1)C(=O)O. The molecule has 1 atom stereocenters. The van der Waals surface area contributed by atoms with E-state index in [0.29, 0.717) is 16.6 Å². The highest BCUT2D eigenvalue weighted by molar-refractivity contribution is 5.98. The normalized spacial score (nSPS) is 12.1. The van der Waals surface area contributed by atoms with Gasteiger partial charge >= 0.3 is 5.97 Å². The fourth-order valence-corrected chi connectivity index (χ4v) is 1.45. The van der Waals surface area contributed by atoms with Crippen LogP contribution in [0.15, 0.2) is 30.6 Å². The third-order valence-corrected chi connectivity index (χ3v) is 2.45. The van der Waals surface area contributed by atoms with Crippen LogP contribution < -0.4 is 5.32 Å². The summed E-state index contributed by atoms with van der Waals surface area (Å²) >= 11 is 0. The minimum atomic E-state index is -1.08. The lowest BCUT2D eigenvalue weighted by atomic mass is 10.1. The molecular weight excluding hydrogens is 234 g/mol. The number of rotatable bonds is 3. The molecule has 0 fully saturated rings. The van der Waals surface area contributed by atoms with Gasteiger partial charge in [0.1, 0.15) is 6.04 Å². The van der Waals surface area contributed by atoms with Crippen molar-refractivity contribution in [3.05, 3.63) is 36.2 Å². The summed E-state index contributed by atoms with van der Waals surface area (Å²) in [5.74, 6) is -1.53. The van der Waals surface area contributed by atoms with Crippen LogP contribution in [0, 0.1) is 0 Å². The first-order valence-electron chi connectivity index (χ1n) is 5.32. The minimum Gasteiger partial charge on any atom is -0.480 e. The third-order valence-electron chi connectivity index (χ3n) is 2.45. The Balaban J connectivity index is 2.25. The smallest absolute Gasteiger partial charge is 0.325 e. The average molecular weight is 245 g/mol. The zero-order chi connectivity index (χ0) is 13.1.